The van der Waals surface area contributed by atoms with Gasteiger partial charge in [0.2, 0.25) is 0 Å². The van der Waals surface area contributed by atoms with Gasteiger partial charge in [-0.15, -0.1) is 0 Å². The Bertz CT molecular complexity index is 1630. The van der Waals surface area contributed by atoms with E-state index in [9.17, 15) is 14.4 Å². The van der Waals surface area contributed by atoms with Crippen LogP contribution in [0.1, 0.15) is 41.4 Å². The van der Waals surface area contributed by atoms with Crippen molar-refractivity contribution in [3.63, 3.8) is 0 Å². The van der Waals surface area contributed by atoms with Crippen molar-refractivity contribution in [2.45, 2.75) is 19.9 Å². The van der Waals surface area contributed by atoms with Crippen LogP contribution in [0.2, 0.25) is 0 Å². The van der Waals surface area contributed by atoms with Crippen molar-refractivity contribution in [1.82, 2.24) is 4.57 Å². The van der Waals surface area contributed by atoms with Crippen LogP contribution in [0, 0.1) is 0 Å². The summed E-state index contributed by atoms with van der Waals surface area (Å²) in [4.78, 5) is 43.9. The van der Waals surface area contributed by atoms with Crippen molar-refractivity contribution < 1.29 is 28.5 Å². The van der Waals surface area contributed by atoms with E-state index in [1.807, 2.05) is 13.0 Å². The van der Waals surface area contributed by atoms with Crippen molar-refractivity contribution in [2.75, 3.05) is 27.4 Å². The normalized spacial score (nSPS) is 14.8. The number of ether oxygens (including phenoxy) is 4. The zero-order chi connectivity index (χ0) is 28.1. The highest BCUT2D eigenvalue weighted by Gasteiger charge is 2.33. The molecular weight excluding hydrogens is 520 g/mol. The number of methoxy groups -OCH3 is 2. The minimum absolute atomic E-state index is 0.00755. The Labute approximate surface area is 228 Å². The number of hydrogen-bond donors (Lipinski definition) is 0. The highest BCUT2D eigenvalue weighted by molar-refractivity contribution is 7.07. The van der Waals surface area contributed by atoms with Crippen LogP contribution in [0.5, 0.6) is 11.5 Å². The molecule has 0 saturated heterocycles. The lowest BCUT2D eigenvalue weighted by atomic mass is 9.95. The topological polar surface area (TPSA) is 105 Å². The predicted molar refractivity (Wildman–Crippen MR) is 147 cm³/mol. The van der Waals surface area contributed by atoms with Gasteiger partial charge < -0.3 is 18.9 Å². The number of thiazole rings is 1. The molecule has 1 aliphatic rings. The summed E-state index contributed by atoms with van der Waals surface area (Å²) in [5, 5.41) is 0. The standard InChI is InChI=1S/C29H28N2O7S/c1-6-14-38-28(34)24-17(3)30-29-31(25(24)19-9-11-20(12-10-19)27(33)36-5)26(32)23(39-29)16-18-8-13-21(37-7-2)22(15-18)35-4/h6,8-13,15-16,25H,1,7,14H2,2-5H3. The average Bonchev–Trinajstić information content (AvgIpc) is 3.25. The van der Waals surface area contributed by atoms with Crippen molar-refractivity contribution in [2.24, 2.45) is 4.99 Å². The summed E-state index contributed by atoms with van der Waals surface area (Å²) < 4.78 is 23.1. The Morgan fingerprint density at radius 1 is 1.10 bits per heavy atom. The first-order valence-corrected chi connectivity index (χ1v) is 12.9. The number of rotatable bonds is 9. The molecule has 0 radical (unpaired) electrons. The van der Waals surface area contributed by atoms with Gasteiger partial charge in [-0.1, -0.05) is 42.2 Å². The molecule has 0 N–H and O–H groups in total. The van der Waals surface area contributed by atoms with Crippen molar-refractivity contribution in [1.29, 1.82) is 0 Å². The zero-order valence-corrected chi connectivity index (χ0v) is 22.9. The van der Waals surface area contributed by atoms with E-state index in [0.29, 0.717) is 44.3 Å². The van der Waals surface area contributed by atoms with Crippen LogP contribution in [0.15, 0.2) is 76.2 Å². The summed E-state index contributed by atoms with van der Waals surface area (Å²) in [5.41, 5.74) is 2.02. The number of hydrogen-bond acceptors (Lipinski definition) is 9. The predicted octanol–water partition coefficient (Wildman–Crippen LogP) is 3.16. The van der Waals surface area contributed by atoms with Gasteiger partial charge in [-0.2, -0.15) is 0 Å². The maximum atomic E-state index is 13.8. The first-order valence-electron chi connectivity index (χ1n) is 12.1. The lowest BCUT2D eigenvalue weighted by Crippen LogP contribution is -2.40. The zero-order valence-electron chi connectivity index (χ0n) is 22.1. The molecule has 0 aliphatic carbocycles. The quantitative estimate of drug-likeness (QED) is 0.299. The summed E-state index contributed by atoms with van der Waals surface area (Å²) in [6, 6.07) is 11.1. The van der Waals surface area contributed by atoms with Crippen LogP contribution >= 0.6 is 11.3 Å². The minimum atomic E-state index is -0.817. The summed E-state index contributed by atoms with van der Waals surface area (Å²) in [6.07, 6.45) is 3.21. The van der Waals surface area contributed by atoms with Crippen molar-refractivity contribution in [3.8, 4) is 11.5 Å². The molecule has 0 saturated carbocycles. The van der Waals surface area contributed by atoms with Gasteiger partial charge in [0.1, 0.15) is 6.61 Å². The Morgan fingerprint density at radius 2 is 1.85 bits per heavy atom. The van der Waals surface area contributed by atoms with Gasteiger partial charge in [-0.3, -0.25) is 9.36 Å². The summed E-state index contributed by atoms with van der Waals surface area (Å²) in [7, 11) is 2.85. The first kappa shape index (κ1) is 27.6. The fourth-order valence-electron chi connectivity index (χ4n) is 4.23. The van der Waals surface area contributed by atoms with E-state index < -0.39 is 18.0 Å². The molecule has 0 spiro atoms. The molecule has 1 atom stereocenters. The number of aromatic nitrogens is 1. The van der Waals surface area contributed by atoms with Crippen LogP contribution in [-0.2, 0) is 14.3 Å². The number of carbonyl (C=O) groups excluding carboxylic acids is 2. The maximum absolute atomic E-state index is 13.8. The van der Waals surface area contributed by atoms with Gasteiger partial charge in [-0.05, 0) is 55.3 Å². The van der Waals surface area contributed by atoms with Crippen molar-refractivity contribution >= 4 is 29.4 Å². The van der Waals surface area contributed by atoms with Crippen LogP contribution < -0.4 is 24.4 Å². The second kappa shape index (κ2) is 12.0. The third kappa shape index (κ3) is 5.56. The largest absolute Gasteiger partial charge is 0.493 e. The molecule has 202 valence electrons. The lowest BCUT2D eigenvalue weighted by molar-refractivity contribution is -0.138. The fraction of sp³-hybridized carbons (Fsp3) is 0.241. The van der Waals surface area contributed by atoms with E-state index in [-0.39, 0.29) is 17.7 Å². The number of fused-ring (bicyclic) bond motifs is 1. The molecule has 1 aromatic heterocycles. The third-order valence-corrected chi connectivity index (χ3v) is 6.99. The van der Waals surface area contributed by atoms with Gasteiger partial charge in [0.25, 0.3) is 5.56 Å². The summed E-state index contributed by atoms with van der Waals surface area (Å²) >= 11 is 1.21. The number of benzene rings is 2. The van der Waals surface area contributed by atoms with E-state index in [2.05, 4.69) is 11.6 Å². The lowest BCUT2D eigenvalue weighted by Gasteiger charge is -2.24. The highest BCUT2D eigenvalue weighted by Crippen LogP contribution is 2.31. The Kier molecular flexibility index (Phi) is 8.46. The fourth-order valence-corrected chi connectivity index (χ4v) is 5.28. The first-order chi connectivity index (χ1) is 18.8. The molecule has 2 heterocycles. The maximum Gasteiger partial charge on any atom is 0.338 e. The molecule has 10 heteroatoms. The molecule has 2 aromatic carbocycles. The number of carbonyl (C=O) groups is 2. The van der Waals surface area contributed by atoms with Crippen LogP contribution in [0.25, 0.3) is 6.08 Å². The van der Waals surface area contributed by atoms with Crippen molar-refractivity contribution in [3.05, 3.63) is 103 Å². The molecule has 0 amide bonds. The van der Waals surface area contributed by atoms with Crippen LogP contribution in [-0.4, -0.2) is 43.9 Å². The van der Waals surface area contributed by atoms with Gasteiger partial charge in [0.15, 0.2) is 16.3 Å². The SMILES string of the molecule is C=CCOC(=O)C1=C(C)N=c2sc(=Cc3ccc(OCC)c(OC)c3)c(=O)n2C1c1ccc(C(=O)OC)cc1. The summed E-state index contributed by atoms with van der Waals surface area (Å²) in [5.74, 6) is 0.0506. The number of nitrogens with zero attached hydrogens (tertiary/aromatic N) is 2. The van der Waals surface area contributed by atoms with E-state index in [1.165, 1.54) is 29.1 Å². The third-order valence-electron chi connectivity index (χ3n) is 6.01. The molecule has 0 bridgehead atoms. The Balaban J connectivity index is 1.88. The molecule has 4 rings (SSSR count). The molecule has 1 aliphatic heterocycles. The summed E-state index contributed by atoms with van der Waals surface area (Å²) in [6.45, 7) is 7.68. The van der Waals surface area contributed by atoms with Gasteiger partial charge in [0, 0.05) is 0 Å². The molecule has 0 fully saturated rings. The number of esters is 2. The Hall–Kier alpha value is -4.44. The van der Waals surface area contributed by atoms with Gasteiger partial charge in [-0.25, -0.2) is 14.6 Å². The minimum Gasteiger partial charge on any atom is -0.493 e. The van der Waals surface area contributed by atoms with Crippen LogP contribution in [0.4, 0.5) is 0 Å². The molecular formula is C29H28N2O7S. The second-order valence-corrected chi connectivity index (χ2v) is 9.43. The smallest absolute Gasteiger partial charge is 0.338 e. The van der Waals surface area contributed by atoms with Gasteiger partial charge in [0.05, 0.1) is 48.2 Å². The van der Waals surface area contributed by atoms with E-state index in [0.717, 1.165) is 5.56 Å². The molecule has 3 aromatic rings. The van der Waals surface area contributed by atoms with Gasteiger partial charge >= 0.3 is 11.9 Å². The molecule has 1 unspecified atom stereocenters. The monoisotopic (exact) mass is 548 g/mol. The van der Waals surface area contributed by atoms with E-state index in [1.54, 1.807) is 56.5 Å². The van der Waals surface area contributed by atoms with E-state index >= 15 is 0 Å². The molecule has 9 nitrogen and oxygen atoms in total. The number of allylic oxidation sites excluding steroid dienone is 1. The highest BCUT2D eigenvalue weighted by atomic mass is 32.1. The second-order valence-electron chi connectivity index (χ2n) is 8.43. The molecule has 39 heavy (non-hydrogen) atoms. The van der Waals surface area contributed by atoms with E-state index in [4.69, 9.17) is 18.9 Å². The average molecular weight is 549 g/mol. The van der Waals surface area contributed by atoms with Crippen LogP contribution in [0.3, 0.4) is 0 Å². The Morgan fingerprint density at radius 3 is 2.49 bits per heavy atom.